The van der Waals surface area contributed by atoms with E-state index in [9.17, 15) is 43.4 Å². The van der Waals surface area contributed by atoms with Gasteiger partial charge in [0.1, 0.15) is 36.6 Å². The van der Waals surface area contributed by atoms with Crippen LogP contribution in [0.4, 0.5) is 0 Å². The second kappa shape index (κ2) is 99.9. The van der Waals surface area contributed by atoms with Crippen LogP contribution in [0.25, 0.3) is 0 Å². The predicted octanol–water partition coefficient (Wildman–Crippen LogP) is 33.3. The highest BCUT2D eigenvalue weighted by atomic mass is 31.2. The van der Waals surface area contributed by atoms with Crippen LogP contribution in [0.15, 0.2) is 0 Å². The molecule has 0 spiro atoms. The summed E-state index contributed by atoms with van der Waals surface area (Å²) in [5.74, 6) is -5.48. The number of carbonyl (C=O) groups is 8. The predicted molar refractivity (Wildman–Crippen MR) is 587 cm³/mol. The summed E-state index contributed by atoms with van der Waals surface area (Å²) in [5, 5.41) is 17.6. The Morgan fingerprint density at radius 2 is 0.517 bits per heavy atom. The molecule has 0 aromatic carbocycles. The number of nitrogens with one attached hydrogen (secondary N) is 2. The van der Waals surface area contributed by atoms with Crippen LogP contribution in [0.1, 0.15) is 646 Å². The van der Waals surface area contributed by atoms with E-state index in [0.717, 1.165) is 276 Å². The molecule has 0 aromatic heterocycles. The standard InChI is InChI=1S/C120H227N2O20P/c1-9-17-25-33-41-49-53-61-69-77-85-93-112(127)136-104(89-81-73-65-57-45-37-29-21-13-5)99-109(124)120(122-111(126)101-106(91-83-75-67-59-47-39-31-23-15-7)138-114(129)95-87-79-71-63-55-51-43-35-27-19-11-3)118(141-116(131)102-107(92-84-76-68-60-48-40-32-24-16-8)139-115(130)96-88-80-72-64-56-52-44-36-28-20-12-4)117(142-143(132,133)134)108(103-123)140-119(120)135-98-97-121-110(125)100-105(90-82-74-66-58-46-38-30-22-14-6)137-113(128)94-86-78-70-62-54-50-42-34-26-18-10-2/h104-108,117-119,123H,9-103H2,1-8H3,(H,121,125)(H,122,126)(H2,132,133,134)/t104-,105-,106-,107-,108-,117-,118+,119?,120?/m1/s1. The lowest BCUT2D eigenvalue weighted by molar-refractivity contribution is -0.291. The van der Waals surface area contributed by atoms with E-state index in [0.29, 0.717) is 51.4 Å². The number of ether oxygens (including phenoxy) is 7. The highest BCUT2D eigenvalue weighted by molar-refractivity contribution is 7.46. The van der Waals surface area contributed by atoms with E-state index < -0.39 is 136 Å². The zero-order chi connectivity index (χ0) is 104. The minimum absolute atomic E-state index is 0.0445. The molecule has 22 nitrogen and oxygen atoms in total. The summed E-state index contributed by atoms with van der Waals surface area (Å²) in [6.07, 6.45) is 70.4. The number of phosphoric acid groups is 1. The second-order valence-electron chi connectivity index (χ2n) is 43.1. The molecular formula is C120H227N2O20P. The Morgan fingerprint density at radius 3 is 0.762 bits per heavy atom. The third kappa shape index (κ3) is 81.4. The smallest absolute Gasteiger partial charge is 0.462 e. The van der Waals surface area contributed by atoms with E-state index in [1.54, 1.807) is 0 Å². The first-order valence-corrected chi connectivity index (χ1v) is 62.9. The normalized spacial score (nSPS) is 16.3. The van der Waals surface area contributed by atoms with Crippen LogP contribution in [0, 0.1) is 0 Å². The monoisotopic (exact) mass is 2050 g/mol. The van der Waals surface area contributed by atoms with Gasteiger partial charge in [0.15, 0.2) is 23.7 Å². The van der Waals surface area contributed by atoms with Crippen LogP contribution < -0.4 is 10.6 Å². The molecule has 1 saturated heterocycles. The van der Waals surface area contributed by atoms with Crippen molar-refractivity contribution in [2.45, 2.75) is 701 Å². The third-order valence-corrected chi connectivity index (χ3v) is 29.8. The number of hydrogen-bond donors (Lipinski definition) is 5. The Hall–Kier alpha value is -4.05. The number of ketones is 1. The number of aliphatic hydroxyl groups is 1. The number of unbranched alkanes of at least 4 members (excludes halogenated alkanes) is 72. The van der Waals surface area contributed by atoms with Crippen LogP contribution >= 0.6 is 7.82 Å². The minimum Gasteiger partial charge on any atom is -0.462 e. The molecule has 0 aliphatic carbocycles. The molecule has 0 aromatic rings. The molecule has 23 heteroatoms. The number of hydrogen-bond acceptors (Lipinski definition) is 18. The molecule has 2 unspecified atom stereocenters. The molecular weight excluding hydrogens is 1820 g/mol. The molecule has 1 heterocycles. The summed E-state index contributed by atoms with van der Waals surface area (Å²) >= 11 is 0. The fraction of sp³-hybridized carbons (Fsp3) is 0.933. The van der Waals surface area contributed by atoms with Crippen molar-refractivity contribution in [3.05, 3.63) is 0 Å². The van der Waals surface area contributed by atoms with E-state index in [2.05, 4.69) is 66.0 Å². The summed E-state index contributed by atoms with van der Waals surface area (Å²) in [7, 11) is -5.83. The Balaban J connectivity index is 4.59. The SMILES string of the molecule is CCCCCCCCCCCCCC(=O)O[C@H](CCCCCCCCCCC)CC(=O)NCCOC1O[C@H](CO)[C@@H](OP(=O)(O)O)[C@H](OC(=O)C[C@@H](CCCCCCCCCCC)OC(=O)CCCCCCCCCCCCC)C1(NC(=O)C[C@@H](CCCCCCCCCCC)OC(=O)CCCCCCCCCCCCC)C(=O)C[C@@H](CCCCCCCCCCC)OC(=O)CCCCCCCCCCCCC. The van der Waals surface area contributed by atoms with Gasteiger partial charge in [-0.05, 0) is 77.0 Å². The molecule has 1 fully saturated rings. The quantitative estimate of drug-likeness (QED) is 0.0163. The molecule has 842 valence electrons. The minimum atomic E-state index is -5.83. The zero-order valence-corrected chi connectivity index (χ0v) is 94.9. The van der Waals surface area contributed by atoms with Crippen molar-refractivity contribution in [1.29, 1.82) is 0 Å². The van der Waals surface area contributed by atoms with Crippen molar-refractivity contribution in [1.82, 2.24) is 10.6 Å². The van der Waals surface area contributed by atoms with Crippen molar-refractivity contribution in [3.8, 4) is 0 Å². The average Bonchev–Trinajstić information content (AvgIpc) is 0.727. The van der Waals surface area contributed by atoms with Crippen LogP contribution in [-0.2, 0) is 80.6 Å². The van der Waals surface area contributed by atoms with E-state index in [-0.39, 0.29) is 63.9 Å². The van der Waals surface area contributed by atoms with Crippen molar-refractivity contribution in [2.24, 2.45) is 0 Å². The van der Waals surface area contributed by atoms with E-state index >= 15 is 14.4 Å². The first-order chi connectivity index (χ1) is 69.7. The molecule has 0 radical (unpaired) electrons. The number of esters is 5. The average molecular weight is 2050 g/mol. The van der Waals surface area contributed by atoms with Gasteiger partial charge in [-0.1, -0.05) is 518 Å². The number of phosphoric ester groups is 1. The van der Waals surface area contributed by atoms with E-state index in [1.165, 1.54) is 193 Å². The number of Topliss-reactive ketones (excluding diaryl/α,β-unsaturated/α-hetero) is 1. The summed E-state index contributed by atoms with van der Waals surface area (Å²) in [6, 6.07) is 0. The van der Waals surface area contributed by atoms with E-state index in [1.807, 2.05) is 0 Å². The highest BCUT2D eigenvalue weighted by Gasteiger charge is 2.66. The van der Waals surface area contributed by atoms with Crippen molar-refractivity contribution in [3.63, 3.8) is 0 Å². The number of rotatable bonds is 110. The first-order valence-electron chi connectivity index (χ1n) is 61.4. The lowest BCUT2D eigenvalue weighted by atomic mass is 9.77. The summed E-state index contributed by atoms with van der Waals surface area (Å²) in [5.41, 5.74) is -2.95. The fourth-order valence-electron chi connectivity index (χ4n) is 20.3. The maximum Gasteiger partial charge on any atom is 0.470 e. The maximum absolute atomic E-state index is 17.3. The molecule has 1 aliphatic rings. The summed E-state index contributed by atoms with van der Waals surface area (Å²) in [4.78, 5) is 144. The van der Waals surface area contributed by atoms with Gasteiger partial charge < -0.3 is 58.7 Å². The number of carbonyl (C=O) groups excluding carboxylic acids is 8. The molecule has 2 amide bonds. The van der Waals surface area contributed by atoms with E-state index in [4.69, 9.17) is 37.7 Å². The van der Waals surface area contributed by atoms with Gasteiger partial charge in [-0.15, -0.1) is 0 Å². The zero-order valence-electron chi connectivity index (χ0n) is 94.0. The second-order valence-corrected chi connectivity index (χ2v) is 44.3. The largest absolute Gasteiger partial charge is 0.470 e. The Bertz CT molecular complexity index is 2990. The fourth-order valence-corrected chi connectivity index (χ4v) is 20.9. The van der Waals surface area contributed by atoms with Gasteiger partial charge in [0, 0.05) is 38.6 Å². The number of aliphatic hydroxyl groups excluding tert-OH is 1. The lowest BCUT2D eigenvalue weighted by Gasteiger charge is -2.52. The summed E-state index contributed by atoms with van der Waals surface area (Å²) < 4.78 is 65.4. The topological polar surface area (TPSA) is 312 Å². The molecule has 0 bridgehead atoms. The molecule has 5 N–H and O–H groups in total. The van der Waals surface area contributed by atoms with Crippen molar-refractivity contribution in [2.75, 3.05) is 19.8 Å². The van der Waals surface area contributed by atoms with Gasteiger partial charge in [-0.2, -0.15) is 0 Å². The van der Waals surface area contributed by atoms with Crippen LogP contribution in [0.3, 0.4) is 0 Å². The Kier molecular flexibility index (Phi) is 95.7. The van der Waals surface area contributed by atoms with Crippen LogP contribution in [0.2, 0.25) is 0 Å². The Labute approximate surface area is 876 Å². The molecule has 143 heavy (non-hydrogen) atoms. The summed E-state index contributed by atoms with van der Waals surface area (Å²) in [6.45, 7) is 15.8. The van der Waals surface area contributed by atoms with Gasteiger partial charge in [0.2, 0.25) is 11.8 Å². The molecule has 9 atom stereocenters. The Morgan fingerprint density at radius 1 is 0.294 bits per heavy atom. The van der Waals surface area contributed by atoms with Crippen molar-refractivity contribution < 1.29 is 95.5 Å². The third-order valence-electron chi connectivity index (χ3n) is 29.3. The highest BCUT2D eigenvalue weighted by Crippen LogP contribution is 2.46. The van der Waals surface area contributed by atoms with Crippen LogP contribution in [0.5, 0.6) is 0 Å². The first kappa shape index (κ1) is 137. The van der Waals surface area contributed by atoms with Gasteiger partial charge in [0.25, 0.3) is 0 Å². The molecule has 1 aliphatic heterocycles. The molecule has 0 saturated carbocycles. The number of amides is 2. The van der Waals surface area contributed by atoms with Gasteiger partial charge in [0.05, 0.1) is 32.5 Å². The van der Waals surface area contributed by atoms with Gasteiger partial charge >= 0.3 is 37.7 Å². The van der Waals surface area contributed by atoms with Gasteiger partial charge in [-0.25, -0.2) is 4.57 Å². The maximum atomic E-state index is 17.3. The van der Waals surface area contributed by atoms with Crippen LogP contribution in [-0.4, -0.2) is 137 Å². The molecule has 1 rings (SSSR count). The van der Waals surface area contributed by atoms with Gasteiger partial charge in [-0.3, -0.25) is 42.9 Å². The lowest BCUT2D eigenvalue weighted by Crippen LogP contribution is -2.78. The van der Waals surface area contributed by atoms with Crippen molar-refractivity contribution >= 4 is 55.3 Å².